The number of ether oxygens (including phenoxy) is 1. The monoisotopic (exact) mass is 295 g/mol. The molecule has 0 N–H and O–H groups in total. The first-order valence-electron chi connectivity index (χ1n) is 6.90. The van der Waals surface area contributed by atoms with Crippen molar-refractivity contribution in [1.29, 1.82) is 5.26 Å². The zero-order valence-corrected chi connectivity index (χ0v) is 12.6. The van der Waals surface area contributed by atoms with Crippen LogP contribution in [0.15, 0.2) is 48.1 Å². The molecule has 1 aliphatic carbocycles. The Bertz CT molecular complexity index is 711. The minimum absolute atomic E-state index is 0.0255. The molecule has 0 amide bonds. The zero-order chi connectivity index (χ0) is 16.3. The molecule has 0 unspecified atom stereocenters. The average Bonchev–Trinajstić information content (AvgIpc) is 2.54. The van der Waals surface area contributed by atoms with Crippen molar-refractivity contribution in [3.8, 4) is 6.07 Å². The van der Waals surface area contributed by atoms with E-state index in [1.807, 2.05) is 31.2 Å². The Morgan fingerprint density at radius 2 is 2.18 bits per heavy atom. The summed E-state index contributed by atoms with van der Waals surface area (Å²) in [7, 11) is 1.25. The van der Waals surface area contributed by atoms with E-state index >= 15 is 0 Å². The van der Waals surface area contributed by atoms with E-state index in [-0.39, 0.29) is 6.42 Å². The molecular weight excluding hydrogens is 278 g/mol. The van der Waals surface area contributed by atoms with Gasteiger partial charge in [0.1, 0.15) is 6.29 Å². The van der Waals surface area contributed by atoms with Crippen molar-refractivity contribution >= 4 is 12.3 Å². The predicted octanol–water partition coefficient (Wildman–Crippen LogP) is 2.85. The lowest BCUT2D eigenvalue weighted by Gasteiger charge is -2.37. The van der Waals surface area contributed by atoms with Crippen LogP contribution >= 0.6 is 0 Å². The van der Waals surface area contributed by atoms with Crippen LogP contribution in [0.25, 0.3) is 0 Å². The maximum Gasteiger partial charge on any atom is 0.327 e. The van der Waals surface area contributed by atoms with E-state index in [1.54, 1.807) is 6.08 Å². The highest BCUT2D eigenvalue weighted by Gasteiger charge is 2.51. The summed E-state index contributed by atoms with van der Waals surface area (Å²) in [5.41, 5.74) is 1.28. The molecule has 1 aromatic rings. The van der Waals surface area contributed by atoms with E-state index in [2.05, 4.69) is 12.6 Å². The topological polar surface area (TPSA) is 67.2 Å². The lowest BCUT2D eigenvalue weighted by atomic mass is 9.62. The second kappa shape index (κ2) is 5.98. The van der Waals surface area contributed by atoms with Crippen LogP contribution in [0.5, 0.6) is 0 Å². The molecule has 4 heteroatoms. The van der Waals surface area contributed by atoms with Gasteiger partial charge in [-0.3, -0.25) is 9.59 Å². The van der Waals surface area contributed by atoms with Crippen molar-refractivity contribution in [2.24, 2.45) is 5.41 Å². The zero-order valence-electron chi connectivity index (χ0n) is 12.6. The van der Waals surface area contributed by atoms with E-state index in [0.717, 1.165) is 11.1 Å². The van der Waals surface area contributed by atoms with Crippen LogP contribution in [0.1, 0.15) is 23.5 Å². The summed E-state index contributed by atoms with van der Waals surface area (Å²) >= 11 is 0. The molecule has 2 atom stereocenters. The number of esters is 1. The van der Waals surface area contributed by atoms with Crippen LogP contribution in [0.3, 0.4) is 0 Å². The minimum atomic E-state index is -1.47. The third-order valence-corrected chi connectivity index (χ3v) is 4.12. The third kappa shape index (κ3) is 2.35. The summed E-state index contributed by atoms with van der Waals surface area (Å²) in [5, 5.41) is 9.76. The number of hydrogen-bond donors (Lipinski definition) is 0. The van der Waals surface area contributed by atoms with Crippen LogP contribution in [0.4, 0.5) is 0 Å². The maximum absolute atomic E-state index is 12.4. The van der Waals surface area contributed by atoms with Gasteiger partial charge in [0.2, 0.25) is 0 Å². The van der Waals surface area contributed by atoms with Crippen molar-refractivity contribution in [2.45, 2.75) is 19.3 Å². The van der Waals surface area contributed by atoms with Crippen LogP contribution in [0.2, 0.25) is 0 Å². The fraction of sp³-hybridized carbons (Fsp3) is 0.278. The fourth-order valence-corrected chi connectivity index (χ4v) is 3.09. The first-order chi connectivity index (χ1) is 10.5. The van der Waals surface area contributed by atoms with Gasteiger partial charge in [-0.05, 0) is 29.2 Å². The largest absolute Gasteiger partial charge is 0.468 e. The minimum Gasteiger partial charge on any atom is -0.468 e. The number of nitriles is 1. The molecule has 112 valence electrons. The van der Waals surface area contributed by atoms with Gasteiger partial charge in [-0.1, -0.05) is 36.9 Å². The number of allylic oxidation sites excluding steroid dienone is 3. The fourth-order valence-electron chi connectivity index (χ4n) is 3.09. The summed E-state index contributed by atoms with van der Waals surface area (Å²) in [5.74, 6) is -1.17. The first kappa shape index (κ1) is 15.7. The summed E-state index contributed by atoms with van der Waals surface area (Å²) in [6.07, 6.45) is 2.34. The van der Waals surface area contributed by atoms with E-state index in [9.17, 15) is 14.9 Å². The number of carbonyl (C=O) groups excluding carboxylic acids is 2. The molecule has 1 aliphatic rings. The second-order valence-corrected chi connectivity index (χ2v) is 5.45. The lowest BCUT2D eigenvalue weighted by Crippen LogP contribution is -2.40. The predicted molar refractivity (Wildman–Crippen MR) is 81.9 cm³/mol. The van der Waals surface area contributed by atoms with Gasteiger partial charge in [-0.15, -0.1) is 0 Å². The Morgan fingerprint density at radius 1 is 1.50 bits per heavy atom. The molecule has 0 fully saturated rings. The molecule has 1 aromatic carbocycles. The molecule has 0 saturated heterocycles. The Hall–Kier alpha value is -2.67. The van der Waals surface area contributed by atoms with Gasteiger partial charge in [0.25, 0.3) is 0 Å². The standard InChI is InChI=1S/C18H17NO3/c1-12-6-4-5-7-15(12)16-13(2)8-14(10-20)9-18(16,11-19)17(21)22-3/h4-8,10,16H,2,9H2,1,3H3/t16-,18+/m1/s1. The molecule has 0 aromatic heterocycles. The SMILES string of the molecule is C=C1C=C(C=O)C[C@@](C#N)(C(=O)OC)[C@H]1c1ccccc1C. The van der Waals surface area contributed by atoms with Crippen LogP contribution in [-0.4, -0.2) is 19.4 Å². The summed E-state index contributed by atoms with van der Waals surface area (Å²) < 4.78 is 4.87. The first-order valence-corrected chi connectivity index (χ1v) is 6.90. The molecule has 0 radical (unpaired) electrons. The molecule has 0 bridgehead atoms. The quantitative estimate of drug-likeness (QED) is 0.635. The normalized spacial score (nSPS) is 24.1. The van der Waals surface area contributed by atoms with Gasteiger partial charge in [-0.2, -0.15) is 5.26 Å². The number of rotatable bonds is 3. The number of hydrogen-bond acceptors (Lipinski definition) is 4. The van der Waals surface area contributed by atoms with Crippen molar-refractivity contribution in [3.63, 3.8) is 0 Å². The summed E-state index contributed by atoms with van der Waals surface area (Å²) in [6.45, 7) is 5.89. The average molecular weight is 295 g/mol. The maximum atomic E-state index is 12.4. The molecule has 0 saturated carbocycles. The van der Waals surface area contributed by atoms with Gasteiger partial charge in [0, 0.05) is 12.3 Å². The van der Waals surface area contributed by atoms with Gasteiger partial charge in [0.15, 0.2) is 5.41 Å². The highest BCUT2D eigenvalue weighted by molar-refractivity contribution is 5.87. The van der Waals surface area contributed by atoms with E-state index in [0.29, 0.717) is 17.4 Å². The molecule has 0 heterocycles. The smallest absolute Gasteiger partial charge is 0.327 e. The van der Waals surface area contributed by atoms with Crippen molar-refractivity contribution in [2.75, 3.05) is 7.11 Å². The molecular formula is C18H17NO3. The number of aldehydes is 1. The van der Waals surface area contributed by atoms with Crippen LogP contribution in [-0.2, 0) is 14.3 Å². The molecule has 0 spiro atoms. The Morgan fingerprint density at radius 3 is 2.73 bits per heavy atom. The van der Waals surface area contributed by atoms with Crippen molar-refractivity contribution in [1.82, 2.24) is 0 Å². The molecule has 2 rings (SSSR count). The summed E-state index contributed by atoms with van der Waals surface area (Å²) in [4.78, 5) is 23.6. The van der Waals surface area contributed by atoms with E-state index in [1.165, 1.54) is 7.11 Å². The van der Waals surface area contributed by atoms with Gasteiger partial charge in [-0.25, -0.2) is 0 Å². The number of nitrogens with zero attached hydrogens (tertiary/aromatic N) is 1. The number of carbonyl (C=O) groups is 2. The lowest BCUT2D eigenvalue weighted by molar-refractivity contribution is -0.150. The number of aryl methyl sites for hydroxylation is 1. The van der Waals surface area contributed by atoms with Crippen LogP contribution < -0.4 is 0 Å². The van der Waals surface area contributed by atoms with Crippen LogP contribution in [0, 0.1) is 23.7 Å². The highest BCUT2D eigenvalue weighted by Crippen LogP contribution is 2.50. The number of benzene rings is 1. The molecule has 0 aliphatic heterocycles. The van der Waals surface area contributed by atoms with Gasteiger partial charge >= 0.3 is 5.97 Å². The third-order valence-electron chi connectivity index (χ3n) is 4.12. The molecule has 22 heavy (non-hydrogen) atoms. The molecule has 4 nitrogen and oxygen atoms in total. The van der Waals surface area contributed by atoms with E-state index in [4.69, 9.17) is 4.74 Å². The van der Waals surface area contributed by atoms with E-state index < -0.39 is 17.3 Å². The Balaban J connectivity index is 2.71. The summed E-state index contributed by atoms with van der Waals surface area (Å²) in [6, 6.07) is 9.64. The van der Waals surface area contributed by atoms with Gasteiger partial charge < -0.3 is 4.74 Å². The Kier molecular flexibility index (Phi) is 4.27. The second-order valence-electron chi connectivity index (χ2n) is 5.45. The highest BCUT2D eigenvalue weighted by atomic mass is 16.5. The Labute approximate surface area is 129 Å². The van der Waals surface area contributed by atoms with Gasteiger partial charge in [0.05, 0.1) is 13.2 Å². The van der Waals surface area contributed by atoms with Crippen molar-refractivity contribution < 1.29 is 14.3 Å². The number of methoxy groups -OCH3 is 1. The van der Waals surface area contributed by atoms with Crippen molar-refractivity contribution in [3.05, 3.63) is 59.2 Å².